The highest BCUT2D eigenvalue weighted by Crippen LogP contribution is 2.20. The van der Waals surface area contributed by atoms with Crippen LogP contribution in [0.5, 0.6) is 0 Å². The Hall–Kier alpha value is -2.14. The van der Waals surface area contributed by atoms with Gasteiger partial charge in [0.05, 0.1) is 12.4 Å². The summed E-state index contributed by atoms with van der Waals surface area (Å²) in [6.45, 7) is 5.27. The second-order valence-electron chi connectivity index (χ2n) is 5.41. The molecule has 2 aromatic heterocycles. The van der Waals surface area contributed by atoms with Crippen LogP contribution >= 0.6 is 0 Å². The minimum absolute atomic E-state index is 0.0271. The highest BCUT2D eigenvalue weighted by Gasteiger charge is 2.10. The molecule has 0 saturated heterocycles. The van der Waals surface area contributed by atoms with Crippen molar-refractivity contribution in [1.29, 1.82) is 0 Å². The molecule has 1 N–H and O–H groups in total. The van der Waals surface area contributed by atoms with Crippen LogP contribution in [-0.4, -0.2) is 27.2 Å². The van der Waals surface area contributed by atoms with E-state index < -0.39 is 0 Å². The van der Waals surface area contributed by atoms with Gasteiger partial charge in [-0.3, -0.25) is 9.36 Å². The summed E-state index contributed by atoms with van der Waals surface area (Å²) < 4.78 is 7.14. The molecule has 1 aromatic carbocycles. The number of rotatable bonds is 5. The fourth-order valence-corrected chi connectivity index (χ4v) is 2.45. The average Bonchev–Trinajstić information content (AvgIpc) is 2.85. The molecule has 3 aromatic rings. The van der Waals surface area contributed by atoms with E-state index in [0.29, 0.717) is 18.7 Å². The van der Waals surface area contributed by atoms with Crippen LogP contribution in [0.25, 0.3) is 21.9 Å². The van der Waals surface area contributed by atoms with E-state index in [1.54, 1.807) is 10.9 Å². The Bertz CT molecular complexity index is 817. The van der Waals surface area contributed by atoms with E-state index in [-0.39, 0.29) is 11.7 Å². The van der Waals surface area contributed by atoms with Crippen molar-refractivity contribution >= 4 is 21.9 Å². The van der Waals surface area contributed by atoms with Crippen LogP contribution in [0.2, 0.25) is 0 Å². The minimum Gasteiger partial charge on any atom is -0.379 e. The van der Waals surface area contributed by atoms with Crippen LogP contribution in [0.4, 0.5) is 0 Å². The van der Waals surface area contributed by atoms with Crippen LogP contribution < -0.4 is 5.56 Å². The van der Waals surface area contributed by atoms with Gasteiger partial charge in [0.1, 0.15) is 11.0 Å². The van der Waals surface area contributed by atoms with Crippen molar-refractivity contribution in [3.63, 3.8) is 0 Å². The molecule has 5 nitrogen and oxygen atoms in total. The van der Waals surface area contributed by atoms with Gasteiger partial charge in [-0.05, 0) is 26.3 Å². The first-order chi connectivity index (χ1) is 10.2. The lowest BCUT2D eigenvalue weighted by Crippen LogP contribution is -2.21. The SMILES string of the molecule is CC(C)OCCCn1cnc2c([nH]c3ccccc32)c1=O. The third-order valence-electron chi connectivity index (χ3n) is 3.47. The van der Waals surface area contributed by atoms with Crippen molar-refractivity contribution in [2.24, 2.45) is 0 Å². The molecule has 0 aliphatic heterocycles. The Balaban J connectivity index is 1.90. The number of benzene rings is 1. The van der Waals surface area contributed by atoms with Gasteiger partial charge in [-0.15, -0.1) is 0 Å². The number of para-hydroxylation sites is 1. The molecule has 0 spiro atoms. The Morgan fingerprint density at radius 3 is 2.95 bits per heavy atom. The maximum Gasteiger partial charge on any atom is 0.277 e. The van der Waals surface area contributed by atoms with Gasteiger partial charge in [0, 0.05) is 24.1 Å². The minimum atomic E-state index is -0.0271. The number of hydrogen-bond acceptors (Lipinski definition) is 3. The summed E-state index contributed by atoms with van der Waals surface area (Å²) in [6, 6.07) is 7.82. The lowest BCUT2D eigenvalue weighted by molar-refractivity contribution is 0.0747. The molecule has 0 radical (unpaired) electrons. The zero-order valence-corrected chi connectivity index (χ0v) is 12.3. The first kappa shape index (κ1) is 13.8. The number of aromatic amines is 1. The van der Waals surface area contributed by atoms with Gasteiger partial charge in [0.25, 0.3) is 5.56 Å². The second-order valence-corrected chi connectivity index (χ2v) is 5.41. The molecule has 0 fully saturated rings. The Morgan fingerprint density at radius 2 is 2.14 bits per heavy atom. The molecule has 0 saturated carbocycles. The standard InChI is InChI=1S/C16H19N3O2/c1-11(2)21-9-5-8-19-10-17-14-12-6-3-4-7-13(12)18-15(14)16(19)20/h3-4,6-7,10-11,18H,5,8-9H2,1-2H3. The Morgan fingerprint density at radius 1 is 1.33 bits per heavy atom. The lowest BCUT2D eigenvalue weighted by Gasteiger charge is -2.08. The number of hydrogen-bond donors (Lipinski definition) is 1. The largest absolute Gasteiger partial charge is 0.379 e. The van der Waals surface area contributed by atoms with E-state index in [4.69, 9.17) is 4.74 Å². The van der Waals surface area contributed by atoms with Crippen LogP contribution in [0.1, 0.15) is 20.3 Å². The smallest absolute Gasteiger partial charge is 0.277 e. The van der Waals surface area contributed by atoms with Crippen LogP contribution in [-0.2, 0) is 11.3 Å². The topological polar surface area (TPSA) is 59.9 Å². The molecule has 0 unspecified atom stereocenters. The van der Waals surface area contributed by atoms with Crippen LogP contribution in [0, 0.1) is 0 Å². The summed E-state index contributed by atoms with van der Waals surface area (Å²) in [6.07, 6.45) is 2.64. The zero-order valence-electron chi connectivity index (χ0n) is 12.3. The zero-order chi connectivity index (χ0) is 14.8. The quantitative estimate of drug-likeness (QED) is 0.733. The highest BCUT2D eigenvalue weighted by atomic mass is 16.5. The van der Waals surface area contributed by atoms with E-state index in [9.17, 15) is 4.79 Å². The second kappa shape index (κ2) is 5.69. The predicted molar refractivity (Wildman–Crippen MR) is 83.6 cm³/mol. The van der Waals surface area contributed by atoms with Gasteiger partial charge in [-0.1, -0.05) is 18.2 Å². The number of nitrogens with one attached hydrogen (secondary N) is 1. The van der Waals surface area contributed by atoms with Crippen molar-refractivity contribution in [2.75, 3.05) is 6.61 Å². The van der Waals surface area contributed by atoms with Gasteiger partial charge < -0.3 is 9.72 Å². The molecule has 21 heavy (non-hydrogen) atoms. The maximum absolute atomic E-state index is 12.5. The van der Waals surface area contributed by atoms with E-state index in [2.05, 4.69) is 9.97 Å². The van der Waals surface area contributed by atoms with Gasteiger partial charge in [0.2, 0.25) is 0 Å². The number of fused-ring (bicyclic) bond motifs is 3. The van der Waals surface area contributed by atoms with Crippen molar-refractivity contribution in [3.8, 4) is 0 Å². The number of aryl methyl sites for hydroxylation is 1. The van der Waals surface area contributed by atoms with Gasteiger partial charge in [-0.25, -0.2) is 4.98 Å². The first-order valence-electron chi connectivity index (χ1n) is 7.24. The molecule has 0 atom stereocenters. The Kier molecular flexibility index (Phi) is 3.75. The predicted octanol–water partition coefficient (Wildman–Crippen LogP) is 2.69. The molecule has 0 amide bonds. The first-order valence-corrected chi connectivity index (χ1v) is 7.24. The summed E-state index contributed by atoms with van der Waals surface area (Å²) >= 11 is 0. The summed E-state index contributed by atoms with van der Waals surface area (Å²) in [5.41, 5.74) is 2.23. The number of H-pyrrole nitrogens is 1. The number of aromatic nitrogens is 3. The van der Waals surface area contributed by atoms with Crippen molar-refractivity contribution in [1.82, 2.24) is 14.5 Å². The highest BCUT2D eigenvalue weighted by molar-refractivity contribution is 6.04. The van der Waals surface area contributed by atoms with E-state index >= 15 is 0 Å². The molecule has 110 valence electrons. The Labute approximate surface area is 122 Å². The average molecular weight is 285 g/mol. The fourth-order valence-electron chi connectivity index (χ4n) is 2.45. The van der Waals surface area contributed by atoms with Crippen molar-refractivity contribution in [3.05, 3.63) is 40.9 Å². The van der Waals surface area contributed by atoms with Crippen molar-refractivity contribution < 1.29 is 4.74 Å². The maximum atomic E-state index is 12.5. The van der Waals surface area contributed by atoms with Crippen LogP contribution in [0.3, 0.4) is 0 Å². The van der Waals surface area contributed by atoms with E-state index in [0.717, 1.165) is 22.8 Å². The molecule has 3 rings (SSSR count). The summed E-state index contributed by atoms with van der Waals surface area (Å²) in [5.74, 6) is 0. The molecule has 0 bridgehead atoms. The fraction of sp³-hybridized carbons (Fsp3) is 0.375. The molecule has 0 aliphatic carbocycles. The van der Waals surface area contributed by atoms with Gasteiger partial charge >= 0.3 is 0 Å². The van der Waals surface area contributed by atoms with Gasteiger partial charge in [0.15, 0.2) is 0 Å². The third kappa shape index (κ3) is 2.69. The normalized spacial score (nSPS) is 11.8. The summed E-state index contributed by atoms with van der Waals surface area (Å²) in [5, 5.41) is 0.986. The van der Waals surface area contributed by atoms with Gasteiger partial charge in [-0.2, -0.15) is 0 Å². The molecular weight excluding hydrogens is 266 g/mol. The summed E-state index contributed by atoms with van der Waals surface area (Å²) in [7, 11) is 0. The third-order valence-corrected chi connectivity index (χ3v) is 3.47. The monoisotopic (exact) mass is 285 g/mol. The number of nitrogens with zero attached hydrogens (tertiary/aromatic N) is 2. The van der Waals surface area contributed by atoms with Crippen LogP contribution in [0.15, 0.2) is 35.4 Å². The molecule has 0 aliphatic rings. The summed E-state index contributed by atoms with van der Waals surface area (Å²) in [4.78, 5) is 20.1. The lowest BCUT2D eigenvalue weighted by atomic mass is 10.2. The van der Waals surface area contributed by atoms with Crippen molar-refractivity contribution in [2.45, 2.75) is 32.9 Å². The molecular formula is C16H19N3O2. The number of ether oxygens (including phenoxy) is 1. The molecule has 2 heterocycles. The molecule has 5 heteroatoms. The van der Waals surface area contributed by atoms with E-state index in [1.807, 2.05) is 38.1 Å². The van der Waals surface area contributed by atoms with E-state index in [1.165, 1.54) is 0 Å².